The highest BCUT2D eigenvalue weighted by atomic mass is 127. The van der Waals surface area contributed by atoms with E-state index < -0.39 is 0 Å². The van der Waals surface area contributed by atoms with E-state index in [1.165, 1.54) is 24.3 Å². The van der Waals surface area contributed by atoms with Gasteiger partial charge in [0.1, 0.15) is 11.6 Å². The molecule has 0 bridgehead atoms. The van der Waals surface area contributed by atoms with Gasteiger partial charge in [-0.2, -0.15) is 0 Å². The zero-order valence-electron chi connectivity index (χ0n) is 9.18. The van der Waals surface area contributed by atoms with E-state index in [4.69, 9.17) is 11.6 Å². The van der Waals surface area contributed by atoms with Crippen LogP contribution < -0.4 is 5.32 Å². The van der Waals surface area contributed by atoms with Crippen molar-refractivity contribution in [2.75, 3.05) is 5.32 Å². The molecule has 0 saturated carbocycles. The molecule has 0 saturated heterocycles. The largest absolute Gasteiger partial charge is 0.380 e. The van der Waals surface area contributed by atoms with Crippen LogP contribution in [0.5, 0.6) is 0 Å². The summed E-state index contributed by atoms with van der Waals surface area (Å²) in [6, 6.07) is 8.80. The molecular weight excluding hydrogens is 371 g/mol. The van der Waals surface area contributed by atoms with Crippen LogP contribution in [0.15, 0.2) is 36.4 Å². The number of nitrogens with one attached hydrogen (secondary N) is 1. The van der Waals surface area contributed by atoms with Crippen LogP contribution >= 0.6 is 34.2 Å². The monoisotopic (exact) mass is 379 g/mol. The minimum atomic E-state index is -0.316. The van der Waals surface area contributed by atoms with Crippen molar-refractivity contribution < 1.29 is 8.78 Å². The quantitative estimate of drug-likeness (QED) is 0.753. The second-order valence-electron chi connectivity index (χ2n) is 3.71. The van der Waals surface area contributed by atoms with Crippen LogP contribution in [-0.4, -0.2) is 0 Å². The molecule has 0 heterocycles. The second kappa shape index (κ2) is 5.84. The van der Waals surface area contributed by atoms with Gasteiger partial charge in [0.15, 0.2) is 0 Å². The van der Waals surface area contributed by atoms with Crippen LogP contribution in [0.3, 0.4) is 0 Å². The third kappa shape index (κ3) is 3.32. The fourth-order valence-electron chi connectivity index (χ4n) is 1.50. The lowest BCUT2D eigenvalue weighted by molar-refractivity contribution is 0.612. The van der Waals surface area contributed by atoms with Crippen molar-refractivity contribution >= 4 is 39.9 Å². The van der Waals surface area contributed by atoms with Crippen LogP contribution in [-0.2, 0) is 6.54 Å². The summed E-state index contributed by atoms with van der Waals surface area (Å²) in [5, 5.41) is 3.54. The van der Waals surface area contributed by atoms with Crippen molar-refractivity contribution in [2.24, 2.45) is 0 Å². The maximum atomic E-state index is 13.5. The number of benzene rings is 2. The Kier molecular flexibility index (Phi) is 4.40. The van der Waals surface area contributed by atoms with E-state index in [-0.39, 0.29) is 11.6 Å². The smallest absolute Gasteiger partial charge is 0.128 e. The molecule has 0 atom stereocenters. The predicted molar refractivity (Wildman–Crippen MR) is 77.9 cm³/mol. The number of halogens is 4. The molecule has 2 aromatic rings. The molecule has 94 valence electrons. The molecule has 0 aliphatic carbocycles. The Morgan fingerprint density at radius 1 is 1.11 bits per heavy atom. The van der Waals surface area contributed by atoms with Crippen LogP contribution in [0.4, 0.5) is 14.5 Å². The van der Waals surface area contributed by atoms with E-state index in [1.807, 2.05) is 22.6 Å². The highest BCUT2D eigenvalue weighted by molar-refractivity contribution is 14.1. The molecule has 0 aliphatic heterocycles. The molecule has 18 heavy (non-hydrogen) atoms. The number of anilines is 1. The van der Waals surface area contributed by atoms with Crippen molar-refractivity contribution in [3.63, 3.8) is 0 Å². The predicted octanol–water partition coefficient (Wildman–Crippen LogP) is 4.83. The average molecular weight is 380 g/mol. The third-order valence-electron chi connectivity index (χ3n) is 2.41. The summed E-state index contributed by atoms with van der Waals surface area (Å²) in [7, 11) is 0. The van der Waals surface area contributed by atoms with Gasteiger partial charge in [0.2, 0.25) is 0 Å². The topological polar surface area (TPSA) is 12.0 Å². The van der Waals surface area contributed by atoms with E-state index in [9.17, 15) is 8.78 Å². The fraction of sp³-hybridized carbons (Fsp3) is 0.0769. The Labute approximate surface area is 122 Å². The van der Waals surface area contributed by atoms with Crippen LogP contribution in [0, 0.1) is 15.2 Å². The molecule has 1 N–H and O–H groups in total. The second-order valence-corrected chi connectivity index (χ2v) is 5.31. The first-order valence-electron chi connectivity index (χ1n) is 5.19. The first kappa shape index (κ1) is 13.5. The van der Waals surface area contributed by atoms with Gasteiger partial charge in [-0.3, -0.25) is 0 Å². The van der Waals surface area contributed by atoms with Crippen molar-refractivity contribution in [3.05, 3.63) is 62.2 Å². The zero-order valence-corrected chi connectivity index (χ0v) is 12.1. The van der Waals surface area contributed by atoms with Gasteiger partial charge in [-0.15, -0.1) is 0 Å². The number of rotatable bonds is 3. The summed E-state index contributed by atoms with van der Waals surface area (Å²) in [5.74, 6) is -0.608. The van der Waals surface area contributed by atoms with Crippen LogP contribution in [0.25, 0.3) is 0 Å². The minimum absolute atomic E-state index is 0.293. The molecule has 0 spiro atoms. The maximum absolute atomic E-state index is 13.5. The Hall–Kier alpha value is -0.880. The van der Waals surface area contributed by atoms with E-state index in [0.29, 0.717) is 17.1 Å². The molecule has 2 rings (SSSR count). The summed E-state index contributed by atoms with van der Waals surface area (Å²) in [6.45, 7) is 0.300. The van der Waals surface area contributed by atoms with E-state index in [0.717, 1.165) is 9.26 Å². The normalized spacial score (nSPS) is 10.4. The van der Waals surface area contributed by atoms with Gasteiger partial charge >= 0.3 is 0 Å². The SMILES string of the molecule is Fc1ccc(NCc2cc(Cl)ccc2F)c(I)c1. The molecule has 0 unspecified atom stereocenters. The van der Waals surface area contributed by atoms with Crippen molar-refractivity contribution in [1.82, 2.24) is 0 Å². The lowest BCUT2D eigenvalue weighted by Crippen LogP contribution is -2.03. The maximum Gasteiger partial charge on any atom is 0.128 e. The summed E-state index contributed by atoms with van der Waals surface area (Å²) in [6.07, 6.45) is 0. The summed E-state index contributed by atoms with van der Waals surface area (Å²) in [5.41, 5.74) is 1.24. The molecule has 0 aliphatic rings. The third-order valence-corrected chi connectivity index (χ3v) is 3.54. The minimum Gasteiger partial charge on any atom is -0.380 e. The molecule has 2 aromatic carbocycles. The van der Waals surface area contributed by atoms with Crippen molar-refractivity contribution in [1.29, 1.82) is 0 Å². The van der Waals surface area contributed by atoms with Gasteiger partial charge in [0.05, 0.1) is 0 Å². The van der Waals surface area contributed by atoms with E-state index in [1.54, 1.807) is 12.1 Å². The molecular formula is C13H9ClF2IN. The van der Waals surface area contributed by atoms with Gasteiger partial charge in [-0.25, -0.2) is 8.78 Å². The molecule has 0 amide bonds. The first-order chi connectivity index (χ1) is 8.56. The van der Waals surface area contributed by atoms with Gasteiger partial charge < -0.3 is 5.32 Å². The standard InChI is InChI=1S/C13H9ClF2IN/c14-9-1-3-11(16)8(5-9)7-18-13-4-2-10(15)6-12(13)17/h1-6,18H,7H2. The Morgan fingerprint density at radius 3 is 2.61 bits per heavy atom. The summed E-state index contributed by atoms with van der Waals surface area (Å²) in [4.78, 5) is 0. The Morgan fingerprint density at radius 2 is 1.89 bits per heavy atom. The Bertz CT molecular complexity index is 575. The van der Waals surface area contributed by atoms with E-state index >= 15 is 0 Å². The molecule has 0 aromatic heterocycles. The molecule has 0 radical (unpaired) electrons. The molecule has 5 heteroatoms. The highest BCUT2D eigenvalue weighted by Gasteiger charge is 2.05. The van der Waals surface area contributed by atoms with E-state index in [2.05, 4.69) is 5.32 Å². The van der Waals surface area contributed by atoms with Gasteiger partial charge in [0, 0.05) is 26.4 Å². The zero-order chi connectivity index (χ0) is 13.1. The first-order valence-corrected chi connectivity index (χ1v) is 6.65. The fourth-order valence-corrected chi connectivity index (χ4v) is 2.36. The van der Waals surface area contributed by atoms with Crippen molar-refractivity contribution in [2.45, 2.75) is 6.54 Å². The van der Waals surface area contributed by atoms with Crippen LogP contribution in [0.1, 0.15) is 5.56 Å². The lowest BCUT2D eigenvalue weighted by atomic mass is 10.2. The lowest BCUT2D eigenvalue weighted by Gasteiger charge is -2.09. The highest BCUT2D eigenvalue weighted by Crippen LogP contribution is 2.21. The van der Waals surface area contributed by atoms with Gasteiger partial charge in [-0.05, 0) is 59.0 Å². The summed E-state index contributed by atoms with van der Waals surface area (Å²) >= 11 is 7.83. The van der Waals surface area contributed by atoms with Crippen molar-refractivity contribution in [3.8, 4) is 0 Å². The van der Waals surface area contributed by atoms with Gasteiger partial charge in [-0.1, -0.05) is 11.6 Å². The number of hydrogen-bond donors (Lipinski definition) is 1. The van der Waals surface area contributed by atoms with Crippen LogP contribution in [0.2, 0.25) is 5.02 Å². The Balaban J connectivity index is 2.13. The molecule has 0 fully saturated rings. The average Bonchev–Trinajstić information content (AvgIpc) is 2.32. The number of hydrogen-bond acceptors (Lipinski definition) is 1. The summed E-state index contributed by atoms with van der Waals surface area (Å²) < 4.78 is 27.1. The molecule has 1 nitrogen and oxygen atoms in total. The van der Waals surface area contributed by atoms with Gasteiger partial charge in [0.25, 0.3) is 0 Å².